The second kappa shape index (κ2) is 5.89. The maximum absolute atomic E-state index is 13.3. The highest BCUT2D eigenvalue weighted by molar-refractivity contribution is 7.81. The van der Waals surface area contributed by atoms with E-state index in [-0.39, 0.29) is 5.91 Å². The average Bonchev–Trinajstić information content (AvgIpc) is 2.83. The third kappa shape index (κ3) is 2.24. The molecule has 2 aliphatic rings. The van der Waals surface area contributed by atoms with Crippen molar-refractivity contribution in [2.45, 2.75) is 38.6 Å². The Kier molecular flexibility index (Phi) is 3.78. The Morgan fingerprint density at radius 1 is 1.19 bits per heavy atom. The van der Waals surface area contributed by atoms with Crippen LogP contribution in [0.25, 0.3) is 4.85 Å². The number of thiocarbonyl (C=S) groups is 1. The summed E-state index contributed by atoms with van der Waals surface area (Å²) in [5, 5.41) is 0.482. The molecular formula is C20H18N4OS. The lowest BCUT2D eigenvalue weighted by molar-refractivity contribution is -0.123. The Morgan fingerprint density at radius 2 is 1.88 bits per heavy atom. The van der Waals surface area contributed by atoms with Crippen molar-refractivity contribution in [3.63, 3.8) is 0 Å². The van der Waals surface area contributed by atoms with Crippen LogP contribution in [0.2, 0.25) is 0 Å². The van der Waals surface area contributed by atoms with Crippen molar-refractivity contribution in [2.75, 3.05) is 9.80 Å². The molecule has 1 spiro atoms. The molecule has 2 fully saturated rings. The SMILES string of the molecule is [C-]#[N+]c1ncc(N2C(=O)C3(CCC3)N(c3ccc(C)cc3)C2=S)cc1C. The van der Waals surface area contributed by atoms with E-state index in [0.29, 0.717) is 16.6 Å². The molecule has 1 aliphatic heterocycles. The Bertz CT molecular complexity index is 957. The molecule has 1 aromatic carbocycles. The van der Waals surface area contributed by atoms with Gasteiger partial charge in [-0.1, -0.05) is 24.3 Å². The van der Waals surface area contributed by atoms with Gasteiger partial charge in [-0.25, -0.2) is 0 Å². The van der Waals surface area contributed by atoms with E-state index < -0.39 is 5.54 Å². The number of hydrogen-bond acceptors (Lipinski definition) is 3. The van der Waals surface area contributed by atoms with Gasteiger partial charge in [-0.3, -0.25) is 9.69 Å². The van der Waals surface area contributed by atoms with Gasteiger partial charge in [0.05, 0.1) is 5.69 Å². The van der Waals surface area contributed by atoms with E-state index in [1.807, 2.05) is 49.1 Å². The first kappa shape index (κ1) is 16.7. The maximum atomic E-state index is 13.3. The van der Waals surface area contributed by atoms with Gasteiger partial charge < -0.3 is 9.74 Å². The predicted octanol–water partition coefficient (Wildman–Crippen LogP) is 4.31. The van der Waals surface area contributed by atoms with E-state index in [0.717, 1.165) is 30.5 Å². The molecule has 1 saturated carbocycles. The molecule has 2 aromatic rings. The Morgan fingerprint density at radius 3 is 2.42 bits per heavy atom. The molecule has 0 N–H and O–H groups in total. The minimum Gasteiger partial charge on any atom is -0.360 e. The summed E-state index contributed by atoms with van der Waals surface area (Å²) in [4.78, 5) is 24.5. The summed E-state index contributed by atoms with van der Waals surface area (Å²) >= 11 is 5.73. The number of pyridine rings is 1. The van der Waals surface area contributed by atoms with Crippen LogP contribution in [0, 0.1) is 20.4 Å². The van der Waals surface area contributed by atoms with Gasteiger partial charge >= 0.3 is 0 Å². The quantitative estimate of drug-likeness (QED) is 0.590. The normalized spacial score (nSPS) is 18.2. The highest BCUT2D eigenvalue weighted by Crippen LogP contribution is 2.47. The molecule has 26 heavy (non-hydrogen) atoms. The van der Waals surface area contributed by atoms with Crippen LogP contribution in [-0.4, -0.2) is 21.5 Å². The van der Waals surface area contributed by atoms with Gasteiger partial charge in [-0.2, -0.15) is 0 Å². The monoisotopic (exact) mass is 362 g/mol. The highest BCUT2D eigenvalue weighted by Gasteiger charge is 2.59. The molecule has 5 nitrogen and oxygen atoms in total. The van der Waals surface area contributed by atoms with Gasteiger partial charge in [-0.05, 0) is 69.1 Å². The molecule has 1 aliphatic carbocycles. The molecule has 0 radical (unpaired) electrons. The average molecular weight is 362 g/mol. The van der Waals surface area contributed by atoms with Crippen LogP contribution in [-0.2, 0) is 4.79 Å². The first-order valence-electron chi connectivity index (χ1n) is 8.57. The summed E-state index contributed by atoms with van der Waals surface area (Å²) < 4.78 is 0. The molecule has 0 unspecified atom stereocenters. The molecule has 1 saturated heterocycles. The minimum absolute atomic E-state index is 0.00564. The van der Waals surface area contributed by atoms with Crippen LogP contribution in [0.4, 0.5) is 17.2 Å². The standard InChI is InChI=1S/C20H18N4OS/c1-13-5-7-15(8-6-13)24-19(26)23(18(25)20(24)9-4-10-20)16-11-14(2)17(21-3)22-12-16/h5-8,11-12H,4,9-10H2,1-2H3. The zero-order valence-corrected chi connectivity index (χ0v) is 15.5. The van der Waals surface area contributed by atoms with Crippen molar-refractivity contribution in [3.05, 3.63) is 59.1 Å². The van der Waals surface area contributed by atoms with E-state index in [9.17, 15) is 4.79 Å². The van der Waals surface area contributed by atoms with Gasteiger partial charge in [-0.15, -0.1) is 4.98 Å². The van der Waals surface area contributed by atoms with E-state index in [2.05, 4.69) is 9.83 Å². The summed E-state index contributed by atoms with van der Waals surface area (Å²) in [5.41, 5.74) is 2.90. The van der Waals surface area contributed by atoms with E-state index in [1.165, 1.54) is 5.56 Å². The summed E-state index contributed by atoms with van der Waals surface area (Å²) in [6, 6.07) is 9.92. The Labute approximate surface area is 158 Å². The van der Waals surface area contributed by atoms with Crippen LogP contribution in [0.5, 0.6) is 0 Å². The predicted molar refractivity (Wildman–Crippen MR) is 106 cm³/mol. The third-order valence-electron chi connectivity index (χ3n) is 5.28. The van der Waals surface area contributed by atoms with E-state index >= 15 is 0 Å². The Hall–Kier alpha value is -2.78. The molecule has 4 rings (SSSR count). The summed E-state index contributed by atoms with van der Waals surface area (Å²) in [6.07, 6.45) is 4.17. The fourth-order valence-corrected chi connectivity index (χ4v) is 4.16. The van der Waals surface area contributed by atoms with E-state index in [1.54, 1.807) is 11.1 Å². The number of carbonyl (C=O) groups is 1. The van der Waals surface area contributed by atoms with Crippen molar-refractivity contribution < 1.29 is 4.79 Å². The van der Waals surface area contributed by atoms with Crippen LogP contribution < -0.4 is 9.80 Å². The van der Waals surface area contributed by atoms with Crippen LogP contribution in [0.1, 0.15) is 30.4 Å². The number of rotatable bonds is 2. The molecule has 1 aromatic heterocycles. The number of amides is 1. The third-order valence-corrected chi connectivity index (χ3v) is 5.65. The van der Waals surface area contributed by atoms with Crippen LogP contribution in [0.3, 0.4) is 0 Å². The smallest absolute Gasteiger partial charge is 0.272 e. The number of anilines is 2. The van der Waals surface area contributed by atoms with Gasteiger partial charge in [0.15, 0.2) is 5.11 Å². The lowest BCUT2D eigenvalue weighted by Crippen LogP contribution is -2.55. The lowest BCUT2D eigenvalue weighted by Gasteiger charge is -2.43. The molecule has 1 amide bonds. The van der Waals surface area contributed by atoms with E-state index in [4.69, 9.17) is 18.8 Å². The summed E-state index contributed by atoms with van der Waals surface area (Å²) in [7, 11) is 0. The highest BCUT2D eigenvalue weighted by atomic mass is 32.1. The number of hydrogen-bond donors (Lipinski definition) is 0. The first-order chi connectivity index (χ1) is 12.5. The van der Waals surface area contributed by atoms with Crippen molar-refractivity contribution in [1.82, 2.24) is 4.98 Å². The minimum atomic E-state index is -0.585. The van der Waals surface area contributed by atoms with Crippen molar-refractivity contribution >= 4 is 40.4 Å². The molecule has 2 heterocycles. The number of aryl methyl sites for hydroxylation is 2. The van der Waals surface area contributed by atoms with Crippen molar-refractivity contribution in [3.8, 4) is 0 Å². The molecule has 0 bridgehead atoms. The number of nitrogens with zero attached hydrogens (tertiary/aromatic N) is 4. The molecule has 130 valence electrons. The molecule has 0 atom stereocenters. The van der Waals surface area contributed by atoms with Gasteiger partial charge in [0.1, 0.15) is 11.7 Å². The topological polar surface area (TPSA) is 40.8 Å². The fourth-order valence-electron chi connectivity index (χ4n) is 3.69. The largest absolute Gasteiger partial charge is 0.360 e. The van der Waals surface area contributed by atoms with Gasteiger partial charge in [0.25, 0.3) is 11.7 Å². The van der Waals surface area contributed by atoms with Gasteiger partial charge in [0, 0.05) is 5.69 Å². The number of benzene rings is 1. The van der Waals surface area contributed by atoms with Gasteiger partial charge in [0.2, 0.25) is 0 Å². The summed E-state index contributed by atoms with van der Waals surface area (Å²) in [6.45, 7) is 11.0. The summed E-state index contributed by atoms with van der Waals surface area (Å²) in [5.74, 6) is 0.353. The maximum Gasteiger partial charge on any atom is 0.272 e. The second-order valence-corrected chi connectivity index (χ2v) is 7.29. The lowest BCUT2D eigenvalue weighted by atomic mass is 9.75. The Balaban J connectivity index is 1.80. The number of aromatic nitrogens is 1. The van der Waals surface area contributed by atoms with Crippen LogP contribution >= 0.6 is 12.2 Å². The van der Waals surface area contributed by atoms with Crippen molar-refractivity contribution in [2.24, 2.45) is 0 Å². The number of carbonyl (C=O) groups excluding carboxylic acids is 1. The van der Waals surface area contributed by atoms with Crippen molar-refractivity contribution in [1.29, 1.82) is 0 Å². The second-order valence-electron chi connectivity index (χ2n) is 6.93. The molecule has 6 heteroatoms. The molecular weight excluding hydrogens is 344 g/mol. The zero-order valence-electron chi connectivity index (χ0n) is 14.7. The zero-order chi connectivity index (χ0) is 18.5. The first-order valence-corrected chi connectivity index (χ1v) is 8.98. The fraction of sp³-hybridized carbons (Fsp3) is 0.300. The van der Waals surface area contributed by atoms with Crippen LogP contribution in [0.15, 0.2) is 36.5 Å².